The Kier molecular flexibility index (Phi) is 5.68. The molecule has 1 heterocycles. The number of amides is 1. The molecule has 4 aromatic rings. The molecule has 0 aliphatic carbocycles. The summed E-state index contributed by atoms with van der Waals surface area (Å²) in [6.07, 6.45) is 2.29. The largest absolute Gasteiger partial charge is 0.355 e. The first kappa shape index (κ1) is 19.2. The Morgan fingerprint density at radius 3 is 2.50 bits per heavy atom. The van der Waals surface area contributed by atoms with Crippen LogP contribution in [0.4, 0.5) is 0 Å². The lowest BCUT2D eigenvalue weighted by Crippen LogP contribution is -2.26. The van der Waals surface area contributed by atoms with Gasteiger partial charge in [-0.15, -0.1) is 0 Å². The summed E-state index contributed by atoms with van der Waals surface area (Å²) in [6, 6.07) is 27.1. The minimum Gasteiger partial charge on any atom is -0.355 e. The van der Waals surface area contributed by atoms with Crippen LogP contribution < -0.4 is 5.32 Å². The number of hydrogen-bond acceptors (Lipinski definition) is 4. The normalized spacial score (nSPS) is 11.2. The molecular formula is C25H19N3O2. The van der Waals surface area contributed by atoms with Crippen LogP contribution in [0, 0.1) is 11.3 Å². The van der Waals surface area contributed by atoms with E-state index in [1.165, 1.54) is 0 Å². The molecule has 0 unspecified atom stereocenters. The van der Waals surface area contributed by atoms with Gasteiger partial charge in [0.05, 0.1) is 5.39 Å². The number of carbonyl (C=O) groups is 1. The molecule has 4 rings (SSSR count). The molecule has 5 heteroatoms. The third-order valence-electron chi connectivity index (χ3n) is 4.75. The van der Waals surface area contributed by atoms with Crippen LogP contribution in [-0.2, 0) is 11.2 Å². The van der Waals surface area contributed by atoms with E-state index in [1.54, 1.807) is 6.08 Å². The fourth-order valence-electron chi connectivity index (χ4n) is 3.22. The lowest BCUT2D eigenvalue weighted by Gasteiger charge is -2.05. The highest BCUT2D eigenvalue weighted by Gasteiger charge is 2.12. The summed E-state index contributed by atoms with van der Waals surface area (Å²) >= 11 is 0. The molecule has 1 N–H and O–H groups in total. The summed E-state index contributed by atoms with van der Waals surface area (Å²) in [5, 5.41) is 17.2. The van der Waals surface area contributed by atoms with Crippen molar-refractivity contribution in [1.82, 2.24) is 10.5 Å². The van der Waals surface area contributed by atoms with Gasteiger partial charge in [0.2, 0.25) is 0 Å². The lowest BCUT2D eigenvalue weighted by atomic mass is 10.0. The maximum Gasteiger partial charge on any atom is 0.261 e. The third kappa shape index (κ3) is 4.29. The highest BCUT2D eigenvalue weighted by molar-refractivity contribution is 6.02. The highest BCUT2D eigenvalue weighted by Crippen LogP contribution is 2.29. The number of benzene rings is 3. The van der Waals surface area contributed by atoms with E-state index in [2.05, 4.69) is 10.5 Å². The van der Waals surface area contributed by atoms with E-state index in [0.29, 0.717) is 18.7 Å². The highest BCUT2D eigenvalue weighted by atomic mass is 16.5. The standard InChI is InChI=1S/C25H19N3O2/c26-17-21(25(29)27-14-13-18-7-3-1-4-8-18)15-19-11-12-23-22(16-19)24(30-28-23)20-9-5-2-6-10-20/h1-12,15-16H,13-14H2,(H,27,29). The number of fused-ring (bicyclic) bond motifs is 1. The zero-order valence-corrected chi connectivity index (χ0v) is 16.2. The van der Waals surface area contributed by atoms with E-state index in [9.17, 15) is 10.1 Å². The molecule has 0 bridgehead atoms. The second-order valence-electron chi connectivity index (χ2n) is 6.82. The van der Waals surface area contributed by atoms with Crippen LogP contribution >= 0.6 is 0 Å². The average molecular weight is 393 g/mol. The Bertz CT molecular complexity index is 1240. The fraction of sp³-hybridized carbons (Fsp3) is 0.0800. The van der Waals surface area contributed by atoms with Gasteiger partial charge in [0, 0.05) is 12.1 Å². The average Bonchev–Trinajstić information content (AvgIpc) is 3.22. The molecule has 146 valence electrons. The van der Waals surface area contributed by atoms with Crippen molar-refractivity contribution in [2.24, 2.45) is 0 Å². The van der Waals surface area contributed by atoms with Gasteiger partial charge in [0.15, 0.2) is 5.76 Å². The van der Waals surface area contributed by atoms with Crippen LogP contribution in [0.5, 0.6) is 0 Å². The Morgan fingerprint density at radius 1 is 1.03 bits per heavy atom. The predicted octanol–water partition coefficient (Wildman–Crippen LogP) is 4.76. The quantitative estimate of drug-likeness (QED) is 0.378. The molecule has 1 aromatic heterocycles. The van der Waals surface area contributed by atoms with Crippen LogP contribution in [0.1, 0.15) is 11.1 Å². The monoisotopic (exact) mass is 393 g/mol. The van der Waals surface area contributed by atoms with Crippen LogP contribution in [0.25, 0.3) is 28.3 Å². The minimum atomic E-state index is -0.387. The summed E-state index contributed by atoms with van der Waals surface area (Å²) in [6.45, 7) is 0.463. The van der Waals surface area contributed by atoms with Gasteiger partial charge < -0.3 is 9.84 Å². The fourth-order valence-corrected chi connectivity index (χ4v) is 3.22. The Balaban J connectivity index is 1.53. The topological polar surface area (TPSA) is 78.9 Å². The van der Waals surface area contributed by atoms with Crippen molar-refractivity contribution < 1.29 is 9.32 Å². The Morgan fingerprint density at radius 2 is 1.77 bits per heavy atom. The number of nitrogens with zero attached hydrogens (tertiary/aromatic N) is 2. The third-order valence-corrected chi connectivity index (χ3v) is 4.75. The molecule has 0 atom stereocenters. The zero-order chi connectivity index (χ0) is 20.8. The summed E-state index contributed by atoms with van der Waals surface area (Å²) < 4.78 is 5.52. The molecule has 0 saturated carbocycles. The number of hydrogen-bond donors (Lipinski definition) is 1. The van der Waals surface area contributed by atoms with Crippen LogP contribution in [0.15, 0.2) is 89.0 Å². The second-order valence-corrected chi connectivity index (χ2v) is 6.82. The van der Waals surface area contributed by atoms with Gasteiger partial charge in [0.1, 0.15) is 17.2 Å². The summed E-state index contributed by atoms with van der Waals surface area (Å²) in [5.74, 6) is 0.272. The Hall–Kier alpha value is -4.17. The molecule has 30 heavy (non-hydrogen) atoms. The SMILES string of the molecule is N#CC(=Cc1ccc2noc(-c3ccccc3)c2c1)C(=O)NCCc1ccccc1. The number of aromatic nitrogens is 1. The van der Waals surface area contributed by atoms with Crippen molar-refractivity contribution in [1.29, 1.82) is 5.26 Å². The smallest absolute Gasteiger partial charge is 0.261 e. The van der Waals surface area contributed by atoms with Crippen molar-refractivity contribution in [2.45, 2.75) is 6.42 Å². The van der Waals surface area contributed by atoms with E-state index in [-0.39, 0.29) is 11.5 Å². The van der Waals surface area contributed by atoms with E-state index in [4.69, 9.17) is 4.52 Å². The van der Waals surface area contributed by atoms with Crippen LogP contribution in [0.3, 0.4) is 0 Å². The number of nitriles is 1. The van der Waals surface area contributed by atoms with Crippen molar-refractivity contribution in [3.05, 3.63) is 95.6 Å². The van der Waals surface area contributed by atoms with E-state index < -0.39 is 0 Å². The molecule has 1 amide bonds. The number of carbonyl (C=O) groups excluding carboxylic acids is 1. The van der Waals surface area contributed by atoms with Crippen molar-refractivity contribution in [3.63, 3.8) is 0 Å². The van der Waals surface area contributed by atoms with Crippen molar-refractivity contribution in [3.8, 4) is 17.4 Å². The van der Waals surface area contributed by atoms with Gasteiger partial charge in [-0.1, -0.05) is 71.9 Å². The molecule has 3 aromatic carbocycles. The van der Waals surface area contributed by atoms with Crippen LogP contribution in [-0.4, -0.2) is 17.6 Å². The first-order chi connectivity index (χ1) is 14.7. The molecule has 0 radical (unpaired) electrons. The number of nitrogens with one attached hydrogen (secondary N) is 1. The second kappa shape index (κ2) is 8.89. The molecule has 0 fully saturated rings. The molecule has 0 spiro atoms. The lowest BCUT2D eigenvalue weighted by molar-refractivity contribution is -0.117. The van der Waals surface area contributed by atoms with Gasteiger partial charge in [-0.05, 0) is 35.8 Å². The molecule has 0 aliphatic rings. The maximum absolute atomic E-state index is 12.4. The first-order valence-electron chi connectivity index (χ1n) is 9.63. The van der Waals surface area contributed by atoms with Gasteiger partial charge in [0.25, 0.3) is 5.91 Å². The van der Waals surface area contributed by atoms with Crippen LogP contribution in [0.2, 0.25) is 0 Å². The molecule has 0 aliphatic heterocycles. The van der Waals surface area contributed by atoms with Crippen molar-refractivity contribution in [2.75, 3.05) is 6.54 Å². The van der Waals surface area contributed by atoms with Gasteiger partial charge in [-0.3, -0.25) is 4.79 Å². The van der Waals surface area contributed by atoms with Crippen molar-refractivity contribution >= 4 is 22.9 Å². The summed E-state index contributed by atoms with van der Waals surface area (Å²) in [5.41, 5.74) is 3.56. The number of rotatable bonds is 6. The Labute approximate surface area is 174 Å². The minimum absolute atomic E-state index is 0.0557. The predicted molar refractivity (Wildman–Crippen MR) is 116 cm³/mol. The summed E-state index contributed by atoms with van der Waals surface area (Å²) in [7, 11) is 0. The van der Waals surface area contributed by atoms with Gasteiger partial charge in [-0.2, -0.15) is 5.26 Å². The maximum atomic E-state index is 12.4. The molecule has 5 nitrogen and oxygen atoms in total. The van der Waals surface area contributed by atoms with E-state index in [1.807, 2.05) is 84.9 Å². The first-order valence-corrected chi connectivity index (χ1v) is 9.63. The van der Waals surface area contributed by atoms with E-state index >= 15 is 0 Å². The molecule has 0 saturated heterocycles. The van der Waals surface area contributed by atoms with Gasteiger partial charge in [-0.25, -0.2) is 0 Å². The molecular weight excluding hydrogens is 374 g/mol. The van der Waals surface area contributed by atoms with Gasteiger partial charge >= 0.3 is 0 Å². The van der Waals surface area contributed by atoms with E-state index in [0.717, 1.165) is 27.6 Å². The summed E-state index contributed by atoms with van der Waals surface area (Å²) in [4.78, 5) is 12.4. The zero-order valence-electron chi connectivity index (χ0n) is 16.2.